The number of nitrogens with two attached hydrogens (primary N) is 1. The van der Waals surface area contributed by atoms with Crippen LogP contribution in [0.15, 0.2) is 0 Å². The van der Waals surface area contributed by atoms with Crippen LogP contribution in [0.4, 0.5) is 0 Å². The minimum absolute atomic E-state index is 0.196. The third-order valence-corrected chi connectivity index (χ3v) is 2.49. The minimum Gasteiger partial charge on any atom is -0.377 e. The summed E-state index contributed by atoms with van der Waals surface area (Å²) in [4.78, 5) is 0. The molecular weight excluding hydrogens is 162 g/mol. The summed E-state index contributed by atoms with van der Waals surface area (Å²) in [6.07, 6.45) is 3.79. The lowest BCUT2D eigenvalue weighted by molar-refractivity contribution is 0.0516. The van der Waals surface area contributed by atoms with E-state index in [0.717, 1.165) is 18.9 Å². The summed E-state index contributed by atoms with van der Waals surface area (Å²) in [6, 6.07) is 0.196. The summed E-state index contributed by atoms with van der Waals surface area (Å²) >= 11 is 0. The molecule has 0 spiro atoms. The van der Waals surface area contributed by atoms with Crippen LogP contribution in [0.1, 0.15) is 47.0 Å². The molecule has 0 aliphatic carbocycles. The number of hydrogen-bond acceptors (Lipinski definition) is 2. The van der Waals surface area contributed by atoms with Gasteiger partial charge in [-0.2, -0.15) is 0 Å². The van der Waals surface area contributed by atoms with Crippen LogP contribution in [0, 0.1) is 5.92 Å². The predicted octanol–water partition coefficient (Wildman–Crippen LogP) is 2.57. The van der Waals surface area contributed by atoms with E-state index in [-0.39, 0.29) is 12.1 Å². The van der Waals surface area contributed by atoms with E-state index in [0.29, 0.717) is 0 Å². The van der Waals surface area contributed by atoms with Crippen molar-refractivity contribution in [1.82, 2.24) is 0 Å². The van der Waals surface area contributed by atoms with Gasteiger partial charge in [0.2, 0.25) is 0 Å². The van der Waals surface area contributed by atoms with Gasteiger partial charge >= 0.3 is 0 Å². The van der Waals surface area contributed by atoms with Gasteiger partial charge in [-0.3, -0.25) is 0 Å². The van der Waals surface area contributed by atoms with Crippen LogP contribution in [0.5, 0.6) is 0 Å². The maximum Gasteiger partial charge on any atom is 0.0697 e. The summed E-state index contributed by atoms with van der Waals surface area (Å²) < 4.78 is 5.46. The molecule has 0 saturated heterocycles. The number of ether oxygens (including phenoxy) is 1. The zero-order valence-corrected chi connectivity index (χ0v) is 9.55. The molecule has 0 aromatic rings. The van der Waals surface area contributed by atoms with Crippen LogP contribution < -0.4 is 5.73 Å². The molecule has 0 saturated carbocycles. The highest BCUT2D eigenvalue weighted by Crippen LogP contribution is 2.14. The van der Waals surface area contributed by atoms with Crippen LogP contribution in [0.25, 0.3) is 0 Å². The van der Waals surface area contributed by atoms with Crippen molar-refractivity contribution in [2.24, 2.45) is 11.7 Å². The molecule has 2 heteroatoms. The number of rotatable bonds is 7. The van der Waals surface area contributed by atoms with E-state index >= 15 is 0 Å². The lowest BCUT2D eigenvalue weighted by Gasteiger charge is -2.22. The summed E-state index contributed by atoms with van der Waals surface area (Å²) in [5.41, 5.74) is 6.01. The van der Waals surface area contributed by atoms with E-state index in [1.807, 2.05) is 6.92 Å². The molecule has 3 unspecified atom stereocenters. The summed E-state index contributed by atoms with van der Waals surface area (Å²) in [7, 11) is 0. The monoisotopic (exact) mass is 187 g/mol. The first kappa shape index (κ1) is 12.9. The molecule has 0 fully saturated rings. The molecular formula is C11H25NO. The van der Waals surface area contributed by atoms with E-state index in [9.17, 15) is 0 Å². The van der Waals surface area contributed by atoms with Gasteiger partial charge in [0.25, 0.3) is 0 Å². The minimum atomic E-state index is 0.196. The van der Waals surface area contributed by atoms with Gasteiger partial charge in [-0.15, -0.1) is 0 Å². The molecule has 3 atom stereocenters. The Morgan fingerprint density at radius 2 is 1.85 bits per heavy atom. The van der Waals surface area contributed by atoms with E-state index in [4.69, 9.17) is 10.5 Å². The molecule has 0 rings (SSSR count). The fraction of sp³-hybridized carbons (Fsp3) is 1.00. The van der Waals surface area contributed by atoms with Gasteiger partial charge in [0.1, 0.15) is 0 Å². The molecule has 0 amide bonds. The smallest absolute Gasteiger partial charge is 0.0697 e. The standard InChI is InChI=1S/C11H25NO/c1-5-7-9(3)8-11(12)10(4)13-6-2/h9-11H,5-8,12H2,1-4H3. The molecule has 0 aliphatic heterocycles. The molecule has 2 N–H and O–H groups in total. The van der Waals surface area contributed by atoms with Crippen molar-refractivity contribution < 1.29 is 4.74 Å². The second-order valence-corrected chi connectivity index (χ2v) is 3.95. The molecule has 80 valence electrons. The first-order chi connectivity index (χ1) is 6.11. The van der Waals surface area contributed by atoms with Gasteiger partial charge in [-0.25, -0.2) is 0 Å². The fourth-order valence-corrected chi connectivity index (χ4v) is 1.65. The van der Waals surface area contributed by atoms with Crippen LogP contribution in [0.3, 0.4) is 0 Å². The quantitative estimate of drug-likeness (QED) is 0.665. The highest BCUT2D eigenvalue weighted by Gasteiger charge is 2.15. The van der Waals surface area contributed by atoms with Crippen molar-refractivity contribution in [2.75, 3.05) is 6.61 Å². The average Bonchev–Trinajstić information content (AvgIpc) is 2.05. The zero-order chi connectivity index (χ0) is 10.3. The molecule has 0 heterocycles. The lowest BCUT2D eigenvalue weighted by Crippen LogP contribution is -2.36. The summed E-state index contributed by atoms with van der Waals surface area (Å²) in [6.45, 7) is 9.32. The predicted molar refractivity (Wildman–Crippen MR) is 57.8 cm³/mol. The van der Waals surface area contributed by atoms with E-state index in [1.165, 1.54) is 12.8 Å². The fourth-order valence-electron chi connectivity index (χ4n) is 1.65. The highest BCUT2D eigenvalue weighted by molar-refractivity contribution is 4.71. The first-order valence-corrected chi connectivity index (χ1v) is 5.48. The van der Waals surface area contributed by atoms with Gasteiger partial charge < -0.3 is 10.5 Å². The molecule has 2 nitrogen and oxygen atoms in total. The van der Waals surface area contributed by atoms with Crippen LogP contribution >= 0.6 is 0 Å². The van der Waals surface area contributed by atoms with Crippen molar-refractivity contribution in [1.29, 1.82) is 0 Å². The van der Waals surface area contributed by atoms with Gasteiger partial charge in [-0.1, -0.05) is 26.7 Å². The normalized spacial score (nSPS) is 18.2. The van der Waals surface area contributed by atoms with Crippen molar-refractivity contribution in [3.05, 3.63) is 0 Å². The lowest BCUT2D eigenvalue weighted by atomic mass is 9.95. The summed E-state index contributed by atoms with van der Waals surface area (Å²) in [5, 5.41) is 0. The van der Waals surface area contributed by atoms with Crippen LogP contribution in [-0.2, 0) is 4.74 Å². The maximum atomic E-state index is 6.01. The Balaban J connectivity index is 3.64. The van der Waals surface area contributed by atoms with E-state index in [1.54, 1.807) is 0 Å². The molecule has 0 aliphatic rings. The topological polar surface area (TPSA) is 35.2 Å². The Labute approximate surface area is 82.8 Å². The Morgan fingerprint density at radius 3 is 2.31 bits per heavy atom. The van der Waals surface area contributed by atoms with Crippen molar-refractivity contribution in [3.63, 3.8) is 0 Å². The van der Waals surface area contributed by atoms with E-state index < -0.39 is 0 Å². The van der Waals surface area contributed by atoms with E-state index in [2.05, 4.69) is 20.8 Å². The molecule has 0 radical (unpaired) electrons. The third kappa shape index (κ3) is 6.05. The molecule has 0 aromatic heterocycles. The Morgan fingerprint density at radius 1 is 1.23 bits per heavy atom. The Bertz CT molecular complexity index is 117. The van der Waals surface area contributed by atoms with Crippen molar-refractivity contribution in [3.8, 4) is 0 Å². The number of hydrogen-bond donors (Lipinski definition) is 1. The van der Waals surface area contributed by atoms with Gasteiger partial charge in [0.15, 0.2) is 0 Å². The molecule has 0 bridgehead atoms. The van der Waals surface area contributed by atoms with Crippen LogP contribution in [0.2, 0.25) is 0 Å². The Kier molecular flexibility index (Phi) is 7.29. The van der Waals surface area contributed by atoms with Gasteiger partial charge in [0.05, 0.1) is 6.10 Å². The maximum absolute atomic E-state index is 6.01. The first-order valence-electron chi connectivity index (χ1n) is 5.48. The summed E-state index contributed by atoms with van der Waals surface area (Å²) in [5.74, 6) is 0.725. The molecule has 13 heavy (non-hydrogen) atoms. The van der Waals surface area contributed by atoms with Gasteiger partial charge in [-0.05, 0) is 26.2 Å². The largest absolute Gasteiger partial charge is 0.377 e. The zero-order valence-electron chi connectivity index (χ0n) is 9.55. The molecule has 0 aromatic carbocycles. The second-order valence-electron chi connectivity index (χ2n) is 3.95. The average molecular weight is 187 g/mol. The van der Waals surface area contributed by atoms with Crippen LogP contribution in [-0.4, -0.2) is 18.8 Å². The van der Waals surface area contributed by atoms with Gasteiger partial charge in [0, 0.05) is 12.6 Å². The third-order valence-electron chi connectivity index (χ3n) is 2.49. The SMILES string of the molecule is CCCC(C)CC(N)C(C)OCC. The Hall–Kier alpha value is -0.0800. The van der Waals surface area contributed by atoms with Crippen molar-refractivity contribution >= 4 is 0 Å². The highest BCUT2D eigenvalue weighted by atomic mass is 16.5. The van der Waals surface area contributed by atoms with Crippen molar-refractivity contribution in [2.45, 2.75) is 59.1 Å². The second kappa shape index (κ2) is 7.34.